The first-order chi connectivity index (χ1) is 12.8. The van der Waals surface area contributed by atoms with Crippen LogP contribution in [0.2, 0.25) is 0 Å². The van der Waals surface area contributed by atoms with Crippen LogP contribution >= 0.6 is 11.8 Å². The molecule has 0 saturated carbocycles. The molecule has 8 nitrogen and oxygen atoms in total. The van der Waals surface area contributed by atoms with Crippen LogP contribution in [0, 0.1) is 0 Å². The third-order valence-corrected chi connectivity index (χ3v) is 7.12. The lowest BCUT2D eigenvalue weighted by Gasteiger charge is -2.55. The Balaban J connectivity index is 1.76. The second-order valence-electron chi connectivity index (χ2n) is 6.06. The molecule has 10 heteroatoms. The van der Waals surface area contributed by atoms with Crippen molar-refractivity contribution in [1.29, 1.82) is 0 Å². The number of rotatable bonds is 6. The predicted molar refractivity (Wildman–Crippen MR) is 99.0 cm³/mol. The Morgan fingerprint density at radius 3 is 2.67 bits per heavy atom. The van der Waals surface area contributed by atoms with Crippen LogP contribution in [0.1, 0.15) is 6.92 Å². The highest BCUT2D eigenvalue weighted by Crippen LogP contribution is 2.46. The van der Waals surface area contributed by atoms with Crippen LogP contribution in [-0.4, -0.2) is 61.7 Å². The van der Waals surface area contributed by atoms with E-state index in [2.05, 4.69) is 5.32 Å². The number of methoxy groups -OCH3 is 1. The van der Waals surface area contributed by atoms with Gasteiger partial charge in [0.15, 0.2) is 0 Å². The van der Waals surface area contributed by atoms with Gasteiger partial charge in [-0.1, -0.05) is 18.2 Å². The first-order valence-electron chi connectivity index (χ1n) is 7.99. The molecule has 2 aliphatic heterocycles. The number of ether oxygens (including phenoxy) is 1. The molecular formula is C17H18N2O6S2. The third kappa shape index (κ3) is 3.28. The Bertz CT molecular complexity index is 856. The van der Waals surface area contributed by atoms with Gasteiger partial charge < -0.3 is 15.2 Å². The second-order valence-corrected chi connectivity index (χ2v) is 8.58. The molecule has 3 rings (SSSR count). The van der Waals surface area contributed by atoms with Crippen molar-refractivity contribution in [3.8, 4) is 0 Å². The number of carbonyl (C=O) groups is 3. The highest BCUT2D eigenvalue weighted by molar-refractivity contribution is 8.00. The molecule has 27 heavy (non-hydrogen) atoms. The molecule has 1 aromatic rings. The van der Waals surface area contributed by atoms with E-state index in [1.165, 1.54) is 18.9 Å². The molecule has 1 saturated heterocycles. The van der Waals surface area contributed by atoms with Gasteiger partial charge in [-0.2, -0.15) is 0 Å². The minimum Gasteiger partial charge on any atom is -0.477 e. The molecule has 2 heterocycles. The molecule has 0 aromatic heterocycles. The molecule has 0 radical (unpaired) electrons. The number of β-lactam (4-membered cyclic amide) rings is 1. The monoisotopic (exact) mass is 410 g/mol. The van der Waals surface area contributed by atoms with Crippen LogP contribution in [0.4, 0.5) is 0 Å². The van der Waals surface area contributed by atoms with Gasteiger partial charge in [-0.25, -0.2) is 4.79 Å². The molecule has 1 aromatic carbocycles. The average Bonchev–Trinajstić information content (AvgIpc) is 2.65. The Labute approximate surface area is 162 Å². The molecule has 144 valence electrons. The number of nitrogens with zero attached hydrogens (tertiary/aromatic N) is 1. The molecule has 0 aliphatic carbocycles. The lowest BCUT2D eigenvalue weighted by molar-refractivity contribution is -0.192. The molecule has 2 N–H and O–H groups in total. The Morgan fingerprint density at radius 2 is 2.07 bits per heavy atom. The van der Waals surface area contributed by atoms with E-state index in [1.54, 1.807) is 37.3 Å². The lowest BCUT2D eigenvalue weighted by Crippen LogP contribution is -2.80. The van der Waals surface area contributed by atoms with Crippen LogP contribution in [0.25, 0.3) is 0 Å². The fourth-order valence-corrected chi connectivity index (χ4v) is 5.38. The Kier molecular flexibility index (Phi) is 5.41. The summed E-state index contributed by atoms with van der Waals surface area (Å²) in [6.07, 6.45) is 0. The van der Waals surface area contributed by atoms with Gasteiger partial charge in [-0.05, 0) is 24.6 Å². The number of benzene rings is 1. The minimum atomic E-state index is -1.66. The molecule has 1 unspecified atom stereocenters. The van der Waals surface area contributed by atoms with Gasteiger partial charge in [-0.3, -0.25) is 18.7 Å². The number of carboxylic acids is 1. The van der Waals surface area contributed by atoms with Gasteiger partial charge in [0.1, 0.15) is 16.8 Å². The van der Waals surface area contributed by atoms with E-state index in [-0.39, 0.29) is 11.4 Å². The lowest BCUT2D eigenvalue weighted by atomic mass is 9.98. The molecule has 0 spiro atoms. The van der Waals surface area contributed by atoms with Crippen LogP contribution < -0.4 is 5.32 Å². The normalized spacial score (nSPS) is 25.5. The highest BCUT2D eigenvalue weighted by Gasteiger charge is 2.66. The van der Waals surface area contributed by atoms with Gasteiger partial charge >= 0.3 is 5.97 Å². The van der Waals surface area contributed by atoms with E-state index in [4.69, 9.17) is 4.74 Å². The van der Waals surface area contributed by atoms with Crippen molar-refractivity contribution in [3.63, 3.8) is 0 Å². The fourth-order valence-electron chi connectivity index (χ4n) is 3.05. The number of carbonyl (C=O) groups excluding carboxylic acids is 2. The quantitative estimate of drug-likeness (QED) is 0.519. The number of hydrogen-bond acceptors (Lipinski definition) is 6. The summed E-state index contributed by atoms with van der Waals surface area (Å²) in [6, 6.07) is 8.51. The van der Waals surface area contributed by atoms with Crippen molar-refractivity contribution < 1.29 is 28.4 Å². The maximum Gasteiger partial charge on any atom is 0.352 e. The fraction of sp³-hybridized carbons (Fsp3) is 0.353. The predicted octanol–water partition coefficient (Wildman–Crippen LogP) is 0.527. The van der Waals surface area contributed by atoms with E-state index in [0.29, 0.717) is 16.2 Å². The Hall–Kier alpha value is -2.17. The smallest absolute Gasteiger partial charge is 0.352 e. The number of hydrogen-bond donors (Lipinski definition) is 2. The maximum atomic E-state index is 12.7. The van der Waals surface area contributed by atoms with Gasteiger partial charge in [0.05, 0.1) is 10.8 Å². The first-order valence-corrected chi connectivity index (χ1v) is 10.4. The van der Waals surface area contributed by atoms with Crippen molar-refractivity contribution in [1.82, 2.24) is 10.2 Å². The number of aliphatic carboxylic acids is 1. The number of nitrogens with one attached hydrogen (secondary N) is 1. The van der Waals surface area contributed by atoms with Crippen molar-refractivity contribution in [2.75, 3.05) is 18.6 Å². The SMILES string of the molecule is CO[C@@]1(NC(=O)CS(=O)c2ccccc2)C(=O)N2C(C(=O)O)=C(C)CS[C@@H]21. The number of fused-ring (bicyclic) bond motifs is 1. The van der Waals surface area contributed by atoms with E-state index < -0.39 is 39.7 Å². The van der Waals surface area contributed by atoms with Crippen molar-refractivity contribution in [2.24, 2.45) is 0 Å². The number of thioether (sulfide) groups is 1. The molecule has 3 atom stereocenters. The third-order valence-electron chi connectivity index (χ3n) is 4.34. The zero-order chi connectivity index (χ0) is 19.8. The summed E-state index contributed by atoms with van der Waals surface area (Å²) < 4.78 is 17.6. The van der Waals surface area contributed by atoms with E-state index in [9.17, 15) is 23.7 Å². The van der Waals surface area contributed by atoms with Crippen LogP contribution in [0.3, 0.4) is 0 Å². The summed E-state index contributed by atoms with van der Waals surface area (Å²) in [4.78, 5) is 38.2. The molecule has 1 fully saturated rings. The number of amides is 2. The summed E-state index contributed by atoms with van der Waals surface area (Å²) in [5.41, 5.74) is -1.18. The van der Waals surface area contributed by atoms with Crippen molar-refractivity contribution >= 4 is 40.3 Å². The summed E-state index contributed by atoms with van der Waals surface area (Å²) >= 11 is 1.30. The van der Waals surface area contributed by atoms with Gasteiger partial charge in [0.25, 0.3) is 11.6 Å². The average molecular weight is 410 g/mol. The highest BCUT2D eigenvalue weighted by atomic mass is 32.2. The number of carboxylic acid groups (broad SMARTS) is 1. The van der Waals surface area contributed by atoms with Crippen LogP contribution in [0.15, 0.2) is 46.5 Å². The molecule has 0 bridgehead atoms. The molecule has 2 amide bonds. The van der Waals surface area contributed by atoms with E-state index >= 15 is 0 Å². The summed E-state index contributed by atoms with van der Waals surface area (Å²) in [5.74, 6) is -2.41. The second kappa shape index (κ2) is 7.45. The summed E-state index contributed by atoms with van der Waals surface area (Å²) in [7, 11) is -0.298. The molecule has 2 aliphatic rings. The van der Waals surface area contributed by atoms with Crippen LogP contribution in [-0.2, 0) is 29.9 Å². The van der Waals surface area contributed by atoms with Crippen molar-refractivity contribution in [2.45, 2.75) is 22.9 Å². The maximum absolute atomic E-state index is 12.7. The summed E-state index contributed by atoms with van der Waals surface area (Å²) in [5, 5.41) is 11.2. The Morgan fingerprint density at radius 1 is 1.41 bits per heavy atom. The molecular weight excluding hydrogens is 392 g/mol. The zero-order valence-corrected chi connectivity index (χ0v) is 16.3. The first kappa shape index (κ1) is 19.6. The van der Waals surface area contributed by atoms with Gasteiger partial charge in [-0.15, -0.1) is 11.8 Å². The summed E-state index contributed by atoms with van der Waals surface area (Å²) in [6.45, 7) is 1.65. The zero-order valence-electron chi connectivity index (χ0n) is 14.6. The van der Waals surface area contributed by atoms with Crippen molar-refractivity contribution in [3.05, 3.63) is 41.6 Å². The topological polar surface area (TPSA) is 113 Å². The van der Waals surface area contributed by atoms with Crippen LogP contribution in [0.5, 0.6) is 0 Å². The standard InChI is InChI=1S/C17H18N2O6S2/c1-10-8-26-16-17(25-2,15(23)19(16)13(10)14(21)22)18-12(20)9-27(24)11-6-4-3-5-7-11/h3-7,16H,8-9H2,1-2H3,(H,18,20)(H,21,22)/t16-,17+,27?/m1/s1. The van der Waals surface area contributed by atoms with E-state index in [1.807, 2.05) is 0 Å². The minimum absolute atomic E-state index is 0.0847. The van der Waals surface area contributed by atoms with Gasteiger partial charge in [0.2, 0.25) is 5.91 Å². The largest absolute Gasteiger partial charge is 0.477 e. The van der Waals surface area contributed by atoms with Gasteiger partial charge in [0, 0.05) is 17.8 Å². The van der Waals surface area contributed by atoms with E-state index in [0.717, 1.165) is 4.90 Å².